The summed E-state index contributed by atoms with van der Waals surface area (Å²) in [5, 5.41) is 4.85. The van der Waals surface area contributed by atoms with Crippen LogP contribution in [0.2, 0.25) is 0 Å². The molecule has 1 saturated carbocycles. The summed E-state index contributed by atoms with van der Waals surface area (Å²) in [6, 6.07) is 4.33. The Kier molecular flexibility index (Phi) is 4.60. The average molecular weight is 325 g/mol. The SMILES string of the molecule is CC(c1nc(-c2ccncc2)nn1CC1CC1)N1CCCCCC1. The summed E-state index contributed by atoms with van der Waals surface area (Å²) < 4.78 is 2.18. The van der Waals surface area contributed by atoms with E-state index in [2.05, 4.69) is 21.5 Å². The van der Waals surface area contributed by atoms with Crippen molar-refractivity contribution in [3.63, 3.8) is 0 Å². The highest BCUT2D eigenvalue weighted by Crippen LogP contribution is 2.32. The molecule has 1 saturated heterocycles. The van der Waals surface area contributed by atoms with Gasteiger partial charge in [0.1, 0.15) is 5.82 Å². The van der Waals surface area contributed by atoms with Gasteiger partial charge in [-0.25, -0.2) is 9.67 Å². The fourth-order valence-electron chi connectivity index (χ4n) is 3.61. The number of nitrogens with zero attached hydrogens (tertiary/aromatic N) is 5. The Morgan fingerprint density at radius 3 is 2.46 bits per heavy atom. The monoisotopic (exact) mass is 325 g/mol. The topological polar surface area (TPSA) is 46.8 Å². The summed E-state index contributed by atoms with van der Waals surface area (Å²) in [5.74, 6) is 2.78. The predicted molar refractivity (Wildman–Crippen MR) is 94.4 cm³/mol. The fraction of sp³-hybridized carbons (Fsp3) is 0.632. The van der Waals surface area contributed by atoms with Crippen molar-refractivity contribution >= 4 is 0 Å². The molecule has 2 fully saturated rings. The minimum absolute atomic E-state index is 0.338. The lowest BCUT2D eigenvalue weighted by molar-refractivity contribution is 0.205. The standard InChI is InChI=1S/C19H27N5/c1-15(23-12-4-2-3-5-13-23)19-21-18(17-8-10-20-11-9-17)22-24(19)14-16-6-7-16/h8-11,15-16H,2-7,12-14H2,1H3. The molecule has 0 spiro atoms. The van der Waals surface area contributed by atoms with Crippen molar-refractivity contribution in [2.75, 3.05) is 13.1 Å². The summed E-state index contributed by atoms with van der Waals surface area (Å²) in [7, 11) is 0. The highest BCUT2D eigenvalue weighted by Gasteiger charge is 2.28. The van der Waals surface area contributed by atoms with Crippen LogP contribution in [0.3, 0.4) is 0 Å². The minimum atomic E-state index is 0.338. The smallest absolute Gasteiger partial charge is 0.181 e. The fourth-order valence-corrected chi connectivity index (χ4v) is 3.61. The molecule has 5 heteroatoms. The molecule has 1 unspecified atom stereocenters. The molecule has 3 heterocycles. The molecule has 2 aromatic rings. The van der Waals surface area contributed by atoms with Gasteiger partial charge >= 0.3 is 0 Å². The number of rotatable bonds is 5. The van der Waals surface area contributed by atoms with Crippen molar-refractivity contribution in [3.8, 4) is 11.4 Å². The van der Waals surface area contributed by atoms with E-state index in [1.807, 2.05) is 24.5 Å². The van der Waals surface area contributed by atoms with E-state index in [9.17, 15) is 0 Å². The van der Waals surface area contributed by atoms with Crippen LogP contribution in [0.25, 0.3) is 11.4 Å². The Labute approximate surface area is 144 Å². The van der Waals surface area contributed by atoms with Crippen molar-refractivity contribution in [3.05, 3.63) is 30.4 Å². The van der Waals surface area contributed by atoms with E-state index in [0.717, 1.165) is 29.7 Å². The van der Waals surface area contributed by atoms with Crippen molar-refractivity contribution in [1.29, 1.82) is 0 Å². The van der Waals surface area contributed by atoms with Crippen LogP contribution in [0.15, 0.2) is 24.5 Å². The van der Waals surface area contributed by atoms with Gasteiger partial charge in [-0.2, -0.15) is 5.10 Å². The lowest BCUT2D eigenvalue weighted by Crippen LogP contribution is -2.30. The molecular weight excluding hydrogens is 298 g/mol. The third kappa shape index (κ3) is 3.51. The minimum Gasteiger partial charge on any atom is -0.294 e. The van der Waals surface area contributed by atoms with Crippen LogP contribution in [0.1, 0.15) is 57.3 Å². The molecule has 5 nitrogen and oxygen atoms in total. The van der Waals surface area contributed by atoms with Gasteiger partial charge in [-0.3, -0.25) is 9.88 Å². The lowest BCUT2D eigenvalue weighted by Gasteiger charge is -2.27. The first-order valence-corrected chi connectivity index (χ1v) is 9.40. The molecule has 1 aliphatic heterocycles. The van der Waals surface area contributed by atoms with Gasteiger partial charge < -0.3 is 0 Å². The van der Waals surface area contributed by atoms with E-state index < -0.39 is 0 Å². The maximum Gasteiger partial charge on any atom is 0.181 e. The number of hydrogen-bond donors (Lipinski definition) is 0. The predicted octanol–water partition coefficient (Wildman–Crippen LogP) is 3.69. The first-order chi connectivity index (χ1) is 11.8. The van der Waals surface area contributed by atoms with Crippen molar-refractivity contribution < 1.29 is 0 Å². The van der Waals surface area contributed by atoms with Gasteiger partial charge in [0.25, 0.3) is 0 Å². The zero-order chi connectivity index (χ0) is 16.4. The van der Waals surface area contributed by atoms with Gasteiger partial charge in [0.2, 0.25) is 0 Å². The van der Waals surface area contributed by atoms with E-state index in [-0.39, 0.29) is 0 Å². The van der Waals surface area contributed by atoms with Gasteiger partial charge in [-0.05, 0) is 63.7 Å². The van der Waals surface area contributed by atoms with Crippen LogP contribution in [0, 0.1) is 5.92 Å². The zero-order valence-corrected chi connectivity index (χ0v) is 14.6. The molecule has 128 valence electrons. The molecule has 2 aromatic heterocycles. The number of hydrogen-bond acceptors (Lipinski definition) is 4. The van der Waals surface area contributed by atoms with Crippen LogP contribution >= 0.6 is 0 Å². The molecule has 0 bridgehead atoms. The lowest BCUT2D eigenvalue weighted by atomic mass is 10.2. The van der Waals surface area contributed by atoms with Crippen LogP contribution < -0.4 is 0 Å². The maximum atomic E-state index is 4.95. The van der Waals surface area contributed by atoms with E-state index in [1.165, 1.54) is 51.6 Å². The second-order valence-electron chi connectivity index (χ2n) is 7.28. The molecule has 0 aromatic carbocycles. The molecule has 0 N–H and O–H groups in total. The second kappa shape index (κ2) is 7.01. The van der Waals surface area contributed by atoms with E-state index >= 15 is 0 Å². The highest BCUT2D eigenvalue weighted by molar-refractivity contribution is 5.53. The number of likely N-dealkylation sites (tertiary alicyclic amines) is 1. The van der Waals surface area contributed by atoms with Gasteiger partial charge in [-0.1, -0.05) is 12.8 Å². The largest absolute Gasteiger partial charge is 0.294 e. The van der Waals surface area contributed by atoms with Crippen molar-refractivity contribution in [1.82, 2.24) is 24.6 Å². The molecule has 4 rings (SSSR count). The molecule has 1 atom stereocenters. The van der Waals surface area contributed by atoms with Crippen molar-refractivity contribution in [2.45, 2.75) is 58.0 Å². The third-order valence-corrected chi connectivity index (χ3v) is 5.33. The Morgan fingerprint density at radius 2 is 1.79 bits per heavy atom. The molecule has 1 aliphatic carbocycles. The van der Waals surface area contributed by atoms with Gasteiger partial charge in [0.15, 0.2) is 5.82 Å². The van der Waals surface area contributed by atoms with Crippen LogP contribution in [-0.4, -0.2) is 37.7 Å². The van der Waals surface area contributed by atoms with E-state index in [4.69, 9.17) is 10.1 Å². The molecular formula is C19H27N5. The Balaban J connectivity index is 1.62. The Morgan fingerprint density at radius 1 is 1.08 bits per heavy atom. The summed E-state index contributed by atoms with van der Waals surface area (Å²) in [6.07, 6.45) is 11.6. The second-order valence-corrected chi connectivity index (χ2v) is 7.28. The summed E-state index contributed by atoms with van der Waals surface area (Å²) >= 11 is 0. The van der Waals surface area contributed by atoms with Gasteiger partial charge in [0.05, 0.1) is 6.04 Å². The first-order valence-electron chi connectivity index (χ1n) is 9.40. The van der Waals surface area contributed by atoms with E-state index in [1.54, 1.807) is 0 Å². The Bertz CT molecular complexity index is 654. The average Bonchev–Trinajstić information content (AvgIpc) is 3.38. The van der Waals surface area contributed by atoms with Crippen LogP contribution in [0.4, 0.5) is 0 Å². The number of aromatic nitrogens is 4. The molecule has 2 aliphatic rings. The molecule has 24 heavy (non-hydrogen) atoms. The quantitative estimate of drug-likeness (QED) is 0.841. The maximum absolute atomic E-state index is 4.95. The normalized spacial score (nSPS) is 20.7. The van der Waals surface area contributed by atoms with Crippen LogP contribution in [-0.2, 0) is 6.54 Å². The molecule has 0 amide bonds. The molecule has 0 radical (unpaired) electrons. The van der Waals surface area contributed by atoms with Crippen molar-refractivity contribution in [2.24, 2.45) is 5.92 Å². The Hall–Kier alpha value is -1.75. The highest BCUT2D eigenvalue weighted by atomic mass is 15.4. The van der Waals surface area contributed by atoms with Gasteiger partial charge in [0, 0.05) is 24.5 Å². The zero-order valence-electron chi connectivity index (χ0n) is 14.6. The van der Waals surface area contributed by atoms with Crippen LogP contribution in [0.5, 0.6) is 0 Å². The first kappa shape index (κ1) is 15.8. The van der Waals surface area contributed by atoms with E-state index in [0.29, 0.717) is 6.04 Å². The summed E-state index contributed by atoms with van der Waals surface area (Å²) in [6.45, 7) is 5.69. The van der Waals surface area contributed by atoms with Gasteiger partial charge in [-0.15, -0.1) is 0 Å². The number of pyridine rings is 1. The summed E-state index contributed by atoms with van der Waals surface area (Å²) in [5.41, 5.74) is 1.06. The third-order valence-electron chi connectivity index (χ3n) is 5.33. The summed E-state index contributed by atoms with van der Waals surface area (Å²) in [4.78, 5) is 11.7.